The van der Waals surface area contributed by atoms with Gasteiger partial charge in [-0.1, -0.05) is 43.3 Å². The van der Waals surface area contributed by atoms with Crippen LogP contribution < -0.4 is 10.1 Å². The summed E-state index contributed by atoms with van der Waals surface area (Å²) in [6.07, 6.45) is 1.30. The molecule has 26 heavy (non-hydrogen) atoms. The number of nitrogens with one attached hydrogen (secondary N) is 1. The van der Waals surface area contributed by atoms with E-state index in [2.05, 4.69) is 5.32 Å². The van der Waals surface area contributed by atoms with Gasteiger partial charge < -0.3 is 15.2 Å². The first-order chi connectivity index (χ1) is 12.5. The number of rotatable bonds is 9. The minimum absolute atomic E-state index is 0.105. The van der Waals surface area contributed by atoms with E-state index in [0.717, 1.165) is 17.7 Å². The molecule has 0 fully saturated rings. The highest BCUT2D eigenvalue weighted by molar-refractivity contribution is 5.89. The molecule has 1 atom stereocenters. The van der Waals surface area contributed by atoms with Gasteiger partial charge in [0.25, 0.3) is 0 Å². The maximum Gasteiger partial charge on any atom is 0.335 e. The normalized spacial score (nSPS) is 11.6. The Balaban J connectivity index is 1.84. The first-order valence-electron chi connectivity index (χ1n) is 8.81. The van der Waals surface area contributed by atoms with Crippen LogP contribution in [0.15, 0.2) is 48.5 Å². The number of para-hydroxylation sites is 1. The topological polar surface area (TPSA) is 75.6 Å². The van der Waals surface area contributed by atoms with Crippen molar-refractivity contribution in [3.63, 3.8) is 0 Å². The molecule has 0 aliphatic rings. The summed E-state index contributed by atoms with van der Waals surface area (Å²) in [7, 11) is 0. The van der Waals surface area contributed by atoms with Gasteiger partial charge in [0, 0.05) is 6.42 Å². The second-order valence-electron chi connectivity index (χ2n) is 6.18. The Morgan fingerprint density at radius 3 is 2.50 bits per heavy atom. The summed E-state index contributed by atoms with van der Waals surface area (Å²) in [5.41, 5.74) is 1.97. The molecule has 0 spiro atoms. The van der Waals surface area contributed by atoms with Gasteiger partial charge in [0.1, 0.15) is 11.9 Å². The molecule has 0 saturated heterocycles. The third-order valence-corrected chi connectivity index (χ3v) is 4.24. The largest absolute Gasteiger partial charge is 0.488 e. The van der Waals surface area contributed by atoms with Crippen molar-refractivity contribution in [3.8, 4) is 5.75 Å². The number of hydrogen-bond acceptors (Lipinski definition) is 3. The minimum atomic E-state index is -0.973. The molecule has 2 aromatic carbocycles. The molecule has 0 aliphatic carbocycles. The molecule has 2 rings (SSSR count). The number of carboxylic acids is 1. The average molecular weight is 355 g/mol. The van der Waals surface area contributed by atoms with E-state index in [4.69, 9.17) is 4.74 Å². The van der Waals surface area contributed by atoms with Crippen molar-refractivity contribution >= 4 is 11.9 Å². The van der Waals surface area contributed by atoms with Gasteiger partial charge in [-0.05, 0) is 43.0 Å². The van der Waals surface area contributed by atoms with Crippen molar-refractivity contribution < 1.29 is 19.4 Å². The van der Waals surface area contributed by atoms with E-state index >= 15 is 0 Å². The predicted octanol–water partition coefficient (Wildman–Crippen LogP) is 3.60. The van der Waals surface area contributed by atoms with E-state index in [9.17, 15) is 14.7 Å². The lowest BCUT2D eigenvalue weighted by Crippen LogP contribution is -2.35. The molecule has 0 bridgehead atoms. The van der Waals surface area contributed by atoms with Gasteiger partial charge >= 0.3 is 5.97 Å². The minimum Gasteiger partial charge on any atom is -0.488 e. The van der Waals surface area contributed by atoms with Gasteiger partial charge in [0.05, 0.1) is 12.1 Å². The summed E-state index contributed by atoms with van der Waals surface area (Å²) in [5, 5.41) is 12.1. The van der Waals surface area contributed by atoms with Gasteiger partial charge in [-0.3, -0.25) is 4.79 Å². The molecule has 0 aromatic heterocycles. The van der Waals surface area contributed by atoms with Crippen LogP contribution in [-0.2, 0) is 11.2 Å². The van der Waals surface area contributed by atoms with E-state index in [1.807, 2.05) is 38.1 Å². The van der Waals surface area contributed by atoms with E-state index in [1.54, 1.807) is 24.3 Å². The summed E-state index contributed by atoms with van der Waals surface area (Å²) in [6, 6.07) is 14.5. The van der Waals surface area contributed by atoms with Gasteiger partial charge in [0.15, 0.2) is 0 Å². The smallest absolute Gasteiger partial charge is 0.335 e. The zero-order chi connectivity index (χ0) is 18.9. The van der Waals surface area contributed by atoms with Gasteiger partial charge in [-0.15, -0.1) is 0 Å². The maximum absolute atomic E-state index is 12.1. The summed E-state index contributed by atoms with van der Waals surface area (Å²) in [4.78, 5) is 23.3. The Morgan fingerprint density at radius 2 is 1.81 bits per heavy atom. The fraction of sp³-hybridized carbons (Fsp3) is 0.333. The van der Waals surface area contributed by atoms with Crippen LogP contribution in [0.25, 0.3) is 0 Å². The number of carboxylic acid groups (broad SMARTS) is 1. The van der Waals surface area contributed by atoms with E-state index in [1.165, 1.54) is 0 Å². The lowest BCUT2D eigenvalue weighted by Gasteiger charge is -2.19. The third kappa shape index (κ3) is 5.62. The highest BCUT2D eigenvalue weighted by atomic mass is 16.5. The predicted molar refractivity (Wildman–Crippen MR) is 101 cm³/mol. The van der Waals surface area contributed by atoms with Crippen LogP contribution >= 0.6 is 0 Å². The molecule has 0 heterocycles. The number of carbonyl (C=O) groups is 2. The number of carbonyl (C=O) groups excluding carboxylic acids is 1. The van der Waals surface area contributed by atoms with Crippen molar-refractivity contribution in [2.24, 2.45) is 0 Å². The van der Waals surface area contributed by atoms with E-state index in [-0.39, 0.29) is 24.0 Å². The van der Waals surface area contributed by atoms with Crippen molar-refractivity contribution in [2.75, 3.05) is 6.54 Å². The fourth-order valence-electron chi connectivity index (χ4n) is 2.65. The monoisotopic (exact) mass is 355 g/mol. The van der Waals surface area contributed by atoms with Crippen LogP contribution in [0, 0.1) is 6.92 Å². The number of benzene rings is 2. The highest BCUT2D eigenvalue weighted by Gasteiger charge is 2.13. The number of aryl methyl sites for hydroxylation is 2. The van der Waals surface area contributed by atoms with Crippen molar-refractivity contribution in [3.05, 3.63) is 65.2 Å². The van der Waals surface area contributed by atoms with Crippen LogP contribution in [0.1, 0.15) is 41.3 Å². The molecule has 138 valence electrons. The molecule has 2 N–H and O–H groups in total. The maximum atomic E-state index is 12.1. The Morgan fingerprint density at radius 1 is 1.12 bits per heavy atom. The van der Waals surface area contributed by atoms with Crippen LogP contribution in [0.3, 0.4) is 0 Å². The van der Waals surface area contributed by atoms with E-state index in [0.29, 0.717) is 18.5 Å². The SMILES string of the molecule is CCC(CNC(=O)CCc1ccccc1C(=O)O)Oc1ccccc1C. The molecule has 1 amide bonds. The number of aromatic carboxylic acids is 1. The van der Waals surface area contributed by atoms with Crippen molar-refractivity contribution in [1.82, 2.24) is 5.32 Å². The van der Waals surface area contributed by atoms with Gasteiger partial charge in [-0.25, -0.2) is 4.79 Å². The Kier molecular flexibility index (Phi) is 7.21. The average Bonchev–Trinajstić information content (AvgIpc) is 2.65. The van der Waals surface area contributed by atoms with Crippen LogP contribution in [0.5, 0.6) is 5.75 Å². The first kappa shape index (κ1) is 19.5. The second kappa shape index (κ2) is 9.61. The molecule has 0 radical (unpaired) electrons. The number of amides is 1. The molecular weight excluding hydrogens is 330 g/mol. The highest BCUT2D eigenvalue weighted by Crippen LogP contribution is 2.18. The summed E-state index contributed by atoms with van der Waals surface area (Å²) in [6.45, 7) is 4.42. The molecule has 2 aromatic rings. The lowest BCUT2D eigenvalue weighted by molar-refractivity contribution is -0.121. The Hall–Kier alpha value is -2.82. The van der Waals surface area contributed by atoms with Crippen molar-refractivity contribution in [1.29, 1.82) is 0 Å². The van der Waals surface area contributed by atoms with Crippen LogP contribution in [0.4, 0.5) is 0 Å². The summed E-state index contributed by atoms with van der Waals surface area (Å²) < 4.78 is 5.97. The molecule has 5 nitrogen and oxygen atoms in total. The van der Waals surface area contributed by atoms with E-state index < -0.39 is 5.97 Å². The van der Waals surface area contributed by atoms with Crippen LogP contribution in [0.2, 0.25) is 0 Å². The first-order valence-corrected chi connectivity index (χ1v) is 8.81. The molecular formula is C21H25NO4. The Labute approximate surface area is 154 Å². The molecule has 0 saturated carbocycles. The van der Waals surface area contributed by atoms with Gasteiger partial charge in [0.2, 0.25) is 5.91 Å². The zero-order valence-electron chi connectivity index (χ0n) is 15.2. The Bertz CT molecular complexity index is 757. The number of hydrogen-bond donors (Lipinski definition) is 2. The quantitative estimate of drug-likeness (QED) is 0.721. The molecule has 5 heteroatoms. The standard InChI is InChI=1S/C21H25NO4/c1-3-17(26-19-11-7-4-8-15(19)2)14-22-20(23)13-12-16-9-5-6-10-18(16)21(24)25/h4-11,17H,3,12-14H2,1-2H3,(H,22,23)(H,24,25). The third-order valence-electron chi connectivity index (χ3n) is 4.24. The number of ether oxygens (including phenoxy) is 1. The molecule has 1 unspecified atom stereocenters. The van der Waals surface area contributed by atoms with Crippen LogP contribution in [-0.4, -0.2) is 29.6 Å². The van der Waals surface area contributed by atoms with Crippen molar-refractivity contribution in [2.45, 2.75) is 39.2 Å². The molecule has 0 aliphatic heterocycles. The second-order valence-corrected chi connectivity index (χ2v) is 6.18. The lowest BCUT2D eigenvalue weighted by atomic mass is 10.0. The zero-order valence-corrected chi connectivity index (χ0v) is 15.2. The fourth-order valence-corrected chi connectivity index (χ4v) is 2.65. The summed E-state index contributed by atoms with van der Waals surface area (Å²) >= 11 is 0. The summed E-state index contributed by atoms with van der Waals surface area (Å²) in [5.74, 6) is -0.264. The van der Waals surface area contributed by atoms with Gasteiger partial charge in [-0.2, -0.15) is 0 Å².